The molecule has 0 bridgehead atoms. The van der Waals surface area contributed by atoms with Gasteiger partial charge in [-0.25, -0.2) is 0 Å². The van der Waals surface area contributed by atoms with E-state index in [0.717, 1.165) is 17.7 Å². The van der Waals surface area contributed by atoms with E-state index >= 15 is 0 Å². The number of carbonyl (C=O) groups is 1. The summed E-state index contributed by atoms with van der Waals surface area (Å²) in [6.45, 7) is 3.88. The minimum absolute atomic E-state index is 0.182. The minimum Gasteiger partial charge on any atom is -0.494 e. The van der Waals surface area contributed by atoms with Crippen LogP contribution in [0.2, 0.25) is 0 Å². The number of hydrogen-bond donors (Lipinski definition) is 0. The highest BCUT2D eigenvalue weighted by Gasteiger charge is 2.42. The van der Waals surface area contributed by atoms with E-state index in [1.165, 1.54) is 11.1 Å². The number of aromatic nitrogens is 1. The van der Waals surface area contributed by atoms with Crippen LogP contribution in [0.1, 0.15) is 42.4 Å². The maximum absolute atomic E-state index is 12.0. The lowest BCUT2D eigenvalue weighted by Gasteiger charge is -2.41. The summed E-state index contributed by atoms with van der Waals surface area (Å²) in [6, 6.07) is 22.6. The zero-order chi connectivity index (χ0) is 22.2. The van der Waals surface area contributed by atoms with E-state index in [4.69, 9.17) is 14.2 Å². The molecule has 1 atom stereocenters. The zero-order valence-electron chi connectivity index (χ0n) is 18.4. The van der Waals surface area contributed by atoms with Crippen LogP contribution in [-0.2, 0) is 19.7 Å². The van der Waals surface area contributed by atoms with Crippen molar-refractivity contribution in [3.05, 3.63) is 95.8 Å². The Bertz CT molecular complexity index is 946. The predicted molar refractivity (Wildman–Crippen MR) is 123 cm³/mol. The number of benzene rings is 2. The molecule has 1 saturated heterocycles. The van der Waals surface area contributed by atoms with Crippen LogP contribution < -0.4 is 4.74 Å². The summed E-state index contributed by atoms with van der Waals surface area (Å²) < 4.78 is 16.7. The molecule has 5 nitrogen and oxygen atoms in total. The highest BCUT2D eigenvalue weighted by atomic mass is 16.5. The van der Waals surface area contributed by atoms with Gasteiger partial charge >= 0.3 is 5.97 Å². The molecule has 1 fully saturated rings. The molecule has 4 rings (SSSR count). The molecule has 32 heavy (non-hydrogen) atoms. The first kappa shape index (κ1) is 22.0. The molecule has 2 heterocycles. The SMILES string of the molecule is CCOC(=O)CC1(c2ccc(OCCC(c3ccccc3)c3cccnc3)cc2)COC1. The van der Waals surface area contributed by atoms with Gasteiger partial charge in [0.25, 0.3) is 0 Å². The van der Waals surface area contributed by atoms with E-state index in [0.29, 0.717) is 32.8 Å². The van der Waals surface area contributed by atoms with Gasteiger partial charge in [0.15, 0.2) is 0 Å². The molecule has 0 aliphatic carbocycles. The average Bonchev–Trinajstić information content (AvgIpc) is 2.81. The highest BCUT2D eigenvalue weighted by Crippen LogP contribution is 2.37. The van der Waals surface area contributed by atoms with Crippen LogP contribution >= 0.6 is 0 Å². The first-order valence-corrected chi connectivity index (χ1v) is 11.1. The molecule has 3 aromatic rings. The van der Waals surface area contributed by atoms with Crippen molar-refractivity contribution >= 4 is 5.97 Å². The Balaban J connectivity index is 1.39. The lowest BCUT2D eigenvalue weighted by molar-refractivity contribution is -0.151. The van der Waals surface area contributed by atoms with Gasteiger partial charge in [-0.3, -0.25) is 9.78 Å². The second-order valence-corrected chi connectivity index (χ2v) is 8.17. The molecule has 0 N–H and O–H groups in total. The standard InChI is InChI=1S/C27H29NO4/c1-2-31-26(29)17-27(19-30-20-27)23-10-12-24(13-11-23)32-16-14-25(21-7-4-3-5-8-21)22-9-6-15-28-18-22/h3-13,15,18,25H,2,14,16-17,19-20H2,1H3. The van der Waals surface area contributed by atoms with E-state index < -0.39 is 0 Å². The molecule has 166 valence electrons. The van der Waals surface area contributed by atoms with E-state index in [1.807, 2.05) is 49.5 Å². The van der Waals surface area contributed by atoms with Crippen molar-refractivity contribution in [3.8, 4) is 5.75 Å². The summed E-state index contributed by atoms with van der Waals surface area (Å²) in [5.41, 5.74) is 3.24. The molecule has 5 heteroatoms. The Morgan fingerprint density at radius 1 is 1.03 bits per heavy atom. The fourth-order valence-electron chi connectivity index (χ4n) is 4.20. The lowest BCUT2D eigenvalue weighted by atomic mass is 9.76. The Hall–Kier alpha value is -3.18. The molecule has 1 unspecified atom stereocenters. The van der Waals surface area contributed by atoms with Gasteiger partial charge in [-0.1, -0.05) is 48.5 Å². The summed E-state index contributed by atoms with van der Waals surface area (Å²) in [6.07, 6.45) is 4.91. The summed E-state index contributed by atoms with van der Waals surface area (Å²) in [5.74, 6) is 0.862. The third-order valence-corrected chi connectivity index (χ3v) is 5.98. The van der Waals surface area contributed by atoms with E-state index in [1.54, 1.807) is 6.20 Å². The van der Waals surface area contributed by atoms with Crippen LogP contribution in [-0.4, -0.2) is 37.4 Å². The largest absolute Gasteiger partial charge is 0.494 e. The molecule has 0 radical (unpaired) electrons. The van der Waals surface area contributed by atoms with Gasteiger partial charge in [-0.2, -0.15) is 0 Å². The summed E-state index contributed by atoms with van der Waals surface area (Å²) in [5, 5.41) is 0. The van der Waals surface area contributed by atoms with Gasteiger partial charge < -0.3 is 14.2 Å². The fraction of sp³-hybridized carbons (Fsp3) is 0.333. The highest BCUT2D eigenvalue weighted by molar-refractivity contribution is 5.72. The topological polar surface area (TPSA) is 57.7 Å². The molecule has 0 saturated carbocycles. The number of pyridine rings is 1. The second-order valence-electron chi connectivity index (χ2n) is 8.17. The van der Waals surface area contributed by atoms with Crippen LogP contribution in [0.25, 0.3) is 0 Å². The van der Waals surface area contributed by atoms with Gasteiger partial charge in [0, 0.05) is 18.3 Å². The zero-order valence-corrected chi connectivity index (χ0v) is 18.4. The minimum atomic E-state index is -0.288. The molecule has 1 aliphatic heterocycles. The van der Waals surface area contributed by atoms with E-state index in [-0.39, 0.29) is 17.3 Å². The summed E-state index contributed by atoms with van der Waals surface area (Å²) >= 11 is 0. The van der Waals surface area contributed by atoms with Gasteiger partial charge in [-0.05, 0) is 48.2 Å². The van der Waals surface area contributed by atoms with E-state index in [9.17, 15) is 4.79 Å². The third-order valence-electron chi connectivity index (χ3n) is 5.98. The average molecular weight is 432 g/mol. The van der Waals surface area contributed by atoms with Crippen molar-refractivity contribution in [1.29, 1.82) is 0 Å². The Kier molecular flexibility index (Phi) is 7.17. The van der Waals surface area contributed by atoms with Gasteiger partial charge in [-0.15, -0.1) is 0 Å². The Morgan fingerprint density at radius 2 is 1.78 bits per heavy atom. The Labute approximate surface area is 189 Å². The number of hydrogen-bond acceptors (Lipinski definition) is 5. The Morgan fingerprint density at radius 3 is 2.41 bits per heavy atom. The first-order valence-electron chi connectivity index (χ1n) is 11.1. The predicted octanol–water partition coefficient (Wildman–Crippen LogP) is 4.90. The maximum atomic E-state index is 12.0. The molecule has 1 aliphatic rings. The van der Waals surface area contributed by atoms with Gasteiger partial charge in [0.2, 0.25) is 0 Å². The van der Waals surface area contributed by atoms with Crippen LogP contribution in [0.4, 0.5) is 0 Å². The van der Waals surface area contributed by atoms with Crippen molar-refractivity contribution in [2.45, 2.75) is 31.1 Å². The molecule has 0 amide bonds. The normalized spacial score (nSPS) is 15.4. The lowest BCUT2D eigenvalue weighted by Crippen LogP contribution is -2.48. The number of esters is 1. The maximum Gasteiger partial charge on any atom is 0.306 e. The van der Waals surface area contributed by atoms with Gasteiger partial charge in [0.05, 0.1) is 38.3 Å². The number of nitrogens with zero attached hydrogens (tertiary/aromatic N) is 1. The molecule has 1 aromatic heterocycles. The summed E-state index contributed by atoms with van der Waals surface area (Å²) in [7, 11) is 0. The van der Waals surface area contributed by atoms with Crippen LogP contribution in [0.15, 0.2) is 79.1 Å². The monoisotopic (exact) mass is 431 g/mol. The smallest absolute Gasteiger partial charge is 0.306 e. The second kappa shape index (κ2) is 10.4. The molecular weight excluding hydrogens is 402 g/mol. The fourth-order valence-corrected chi connectivity index (χ4v) is 4.20. The quantitative estimate of drug-likeness (QED) is 0.427. The van der Waals surface area contributed by atoms with Crippen LogP contribution in [0, 0.1) is 0 Å². The van der Waals surface area contributed by atoms with Crippen molar-refractivity contribution in [3.63, 3.8) is 0 Å². The van der Waals surface area contributed by atoms with Crippen molar-refractivity contribution in [1.82, 2.24) is 4.98 Å². The molecule has 0 spiro atoms. The molecule has 2 aromatic carbocycles. The van der Waals surface area contributed by atoms with Crippen molar-refractivity contribution in [2.24, 2.45) is 0 Å². The van der Waals surface area contributed by atoms with Crippen molar-refractivity contribution < 1.29 is 19.0 Å². The van der Waals surface area contributed by atoms with E-state index in [2.05, 4.69) is 35.3 Å². The first-order chi connectivity index (χ1) is 15.7. The summed E-state index contributed by atoms with van der Waals surface area (Å²) in [4.78, 5) is 16.3. The number of rotatable bonds is 10. The van der Waals surface area contributed by atoms with Crippen LogP contribution in [0.3, 0.4) is 0 Å². The number of ether oxygens (including phenoxy) is 3. The third kappa shape index (κ3) is 5.17. The van der Waals surface area contributed by atoms with Gasteiger partial charge in [0.1, 0.15) is 5.75 Å². The number of carbonyl (C=O) groups excluding carboxylic acids is 1. The van der Waals surface area contributed by atoms with Crippen molar-refractivity contribution in [2.75, 3.05) is 26.4 Å². The molecular formula is C27H29NO4. The van der Waals surface area contributed by atoms with Crippen LogP contribution in [0.5, 0.6) is 5.75 Å².